The van der Waals surface area contributed by atoms with E-state index < -0.39 is 23.2 Å². The Morgan fingerprint density at radius 1 is 1.20 bits per heavy atom. The summed E-state index contributed by atoms with van der Waals surface area (Å²) in [6.07, 6.45) is -2.38. The first kappa shape index (κ1) is 26.1. The lowest BCUT2D eigenvalue weighted by atomic mass is 9.93. The topological polar surface area (TPSA) is 119 Å². The molecule has 8 nitrogen and oxygen atoms in total. The zero-order valence-corrected chi connectivity index (χ0v) is 19.7. The second-order valence-electron chi connectivity index (χ2n) is 9.23. The predicted octanol–water partition coefficient (Wildman–Crippen LogP) is 4.11. The zero-order chi connectivity index (χ0) is 25.8. The number of nitrogens with one attached hydrogen (secondary N) is 2. The summed E-state index contributed by atoms with van der Waals surface area (Å²) in [7, 11) is 0. The third-order valence-corrected chi connectivity index (χ3v) is 5.22. The second kappa shape index (κ2) is 10.4. The molecule has 4 N–H and O–H groups in total. The minimum atomic E-state index is -4.65. The Morgan fingerprint density at radius 2 is 1.91 bits per heavy atom. The molecule has 11 heteroatoms. The highest BCUT2D eigenvalue weighted by Crippen LogP contribution is 2.39. The quantitative estimate of drug-likeness (QED) is 0.514. The van der Waals surface area contributed by atoms with Crippen LogP contribution in [0.2, 0.25) is 0 Å². The van der Waals surface area contributed by atoms with Crippen LogP contribution in [0.5, 0.6) is 5.75 Å². The summed E-state index contributed by atoms with van der Waals surface area (Å²) in [6, 6.07) is 6.75. The lowest BCUT2D eigenvalue weighted by molar-refractivity contribution is -0.139. The van der Waals surface area contributed by atoms with Gasteiger partial charge in [-0.25, -0.2) is 10.4 Å². The van der Waals surface area contributed by atoms with E-state index in [1.54, 1.807) is 6.92 Å². The van der Waals surface area contributed by atoms with E-state index in [-0.39, 0.29) is 54.1 Å². The van der Waals surface area contributed by atoms with Crippen LogP contribution in [0.25, 0.3) is 11.1 Å². The molecule has 0 radical (unpaired) electrons. The second-order valence-corrected chi connectivity index (χ2v) is 9.23. The molecule has 0 saturated heterocycles. The number of carbonyl (C=O) groups excluding carboxylic acids is 2. The summed E-state index contributed by atoms with van der Waals surface area (Å²) >= 11 is 0. The van der Waals surface area contributed by atoms with Crippen LogP contribution in [0.4, 0.5) is 19.0 Å². The molecule has 1 aliphatic rings. The number of rotatable bonds is 8. The first-order valence-electron chi connectivity index (χ1n) is 11.1. The van der Waals surface area contributed by atoms with E-state index in [9.17, 15) is 22.8 Å². The number of nitrogens with zero attached hydrogens (tertiary/aromatic N) is 2. The van der Waals surface area contributed by atoms with Gasteiger partial charge >= 0.3 is 6.18 Å². The van der Waals surface area contributed by atoms with Crippen molar-refractivity contribution in [2.75, 3.05) is 11.9 Å². The van der Waals surface area contributed by atoms with E-state index in [4.69, 9.17) is 10.5 Å². The van der Waals surface area contributed by atoms with Crippen LogP contribution >= 0.6 is 0 Å². The van der Waals surface area contributed by atoms with E-state index in [1.165, 1.54) is 30.5 Å². The molecule has 0 saturated carbocycles. The minimum absolute atomic E-state index is 0.0661. The van der Waals surface area contributed by atoms with Gasteiger partial charge in [0.2, 0.25) is 5.91 Å². The van der Waals surface area contributed by atoms with Crippen molar-refractivity contribution in [2.45, 2.75) is 51.7 Å². The number of hydrazone groups is 1. The van der Waals surface area contributed by atoms with Gasteiger partial charge in [-0.05, 0) is 54.7 Å². The fraction of sp³-hybridized carbons (Fsp3) is 0.417. The molecule has 1 aromatic heterocycles. The molecule has 2 aromatic rings. The summed E-state index contributed by atoms with van der Waals surface area (Å²) in [4.78, 5) is 27.6. The zero-order valence-electron chi connectivity index (χ0n) is 19.7. The summed E-state index contributed by atoms with van der Waals surface area (Å²) in [6.45, 7) is 5.64. The Morgan fingerprint density at radius 3 is 2.54 bits per heavy atom. The summed E-state index contributed by atoms with van der Waals surface area (Å²) in [5.74, 6) is -0.746. The maximum atomic E-state index is 13.8. The molecule has 35 heavy (non-hydrogen) atoms. The highest BCUT2D eigenvalue weighted by atomic mass is 19.4. The molecule has 1 unspecified atom stereocenters. The Hall–Kier alpha value is -3.47. The van der Waals surface area contributed by atoms with Crippen LogP contribution in [0.3, 0.4) is 0 Å². The maximum Gasteiger partial charge on any atom is 0.419 e. The molecule has 1 aromatic carbocycles. The SMILES string of the molecule is CC(C)CC(C)(N)COc1ccc(-c2ccnc(NC(=O)C3=NNC(=O)CC3)c2)cc1C(F)(F)F. The summed E-state index contributed by atoms with van der Waals surface area (Å²) in [5, 5.41) is 6.27. The van der Waals surface area contributed by atoms with Crippen molar-refractivity contribution < 1.29 is 27.5 Å². The van der Waals surface area contributed by atoms with Crippen molar-refractivity contribution in [2.24, 2.45) is 16.8 Å². The number of alkyl halides is 3. The van der Waals surface area contributed by atoms with Crippen LogP contribution < -0.4 is 21.2 Å². The van der Waals surface area contributed by atoms with E-state index in [0.29, 0.717) is 12.0 Å². The highest BCUT2D eigenvalue weighted by molar-refractivity contribution is 6.43. The third-order valence-electron chi connectivity index (χ3n) is 5.22. The van der Waals surface area contributed by atoms with Crippen LogP contribution in [0.1, 0.15) is 45.6 Å². The number of hydrogen-bond acceptors (Lipinski definition) is 6. The monoisotopic (exact) mass is 491 g/mol. The fourth-order valence-corrected chi connectivity index (χ4v) is 3.80. The lowest BCUT2D eigenvalue weighted by Gasteiger charge is -2.27. The fourth-order valence-electron chi connectivity index (χ4n) is 3.80. The number of hydrogen-bond donors (Lipinski definition) is 3. The highest BCUT2D eigenvalue weighted by Gasteiger charge is 2.35. The van der Waals surface area contributed by atoms with Crippen LogP contribution in [0.15, 0.2) is 41.6 Å². The Balaban J connectivity index is 1.82. The van der Waals surface area contributed by atoms with Crippen molar-refractivity contribution in [1.29, 1.82) is 0 Å². The van der Waals surface area contributed by atoms with Gasteiger partial charge < -0.3 is 15.8 Å². The number of aromatic nitrogens is 1. The smallest absolute Gasteiger partial charge is 0.419 e. The first-order chi connectivity index (χ1) is 16.3. The molecule has 1 atom stereocenters. The molecular formula is C24H28F3N5O3. The van der Waals surface area contributed by atoms with Gasteiger partial charge in [-0.3, -0.25) is 9.59 Å². The number of ether oxygens (including phenoxy) is 1. The molecule has 0 bridgehead atoms. The van der Waals surface area contributed by atoms with Crippen LogP contribution in [-0.2, 0) is 15.8 Å². The molecule has 0 spiro atoms. The average molecular weight is 492 g/mol. The Bertz CT molecular complexity index is 1130. The number of anilines is 1. The lowest BCUT2D eigenvalue weighted by Crippen LogP contribution is -2.43. The predicted molar refractivity (Wildman–Crippen MR) is 126 cm³/mol. The van der Waals surface area contributed by atoms with Crippen molar-refractivity contribution >= 4 is 23.3 Å². The van der Waals surface area contributed by atoms with Crippen molar-refractivity contribution in [3.05, 3.63) is 42.1 Å². The van der Waals surface area contributed by atoms with Gasteiger partial charge in [-0.15, -0.1) is 0 Å². The molecule has 1 aliphatic heterocycles. The van der Waals surface area contributed by atoms with Gasteiger partial charge in [0, 0.05) is 24.6 Å². The van der Waals surface area contributed by atoms with Gasteiger partial charge in [0.05, 0.1) is 5.56 Å². The van der Waals surface area contributed by atoms with Crippen molar-refractivity contribution in [3.8, 4) is 16.9 Å². The van der Waals surface area contributed by atoms with Gasteiger partial charge in [0.15, 0.2) is 0 Å². The number of nitrogens with two attached hydrogens (primary N) is 1. The number of benzene rings is 1. The van der Waals surface area contributed by atoms with Gasteiger partial charge in [0.1, 0.15) is 23.9 Å². The average Bonchev–Trinajstić information content (AvgIpc) is 2.77. The number of carbonyl (C=O) groups is 2. The van der Waals surface area contributed by atoms with Crippen molar-refractivity contribution in [3.63, 3.8) is 0 Å². The van der Waals surface area contributed by atoms with Crippen LogP contribution in [-0.4, -0.2) is 34.7 Å². The molecular weight excluding hydrogens is 463 g/mol. The normalized spacial score (nSPS) is 15.8. The van der Waals surface area contributed by atoms with Crippen molar-refractivity contribution in [1.82, 2.24) is 10.4 Å². The van der Waals surface area contributed by atoms with Crippen LogP contribution in [0, 0.1) is 5.92 Å². The van der Waals surface area contributed by atoms with E-state index in [1.807, 2.05) is 13.8 Å². The number of amides is 2. The number of halogens is 3. The van der Waals surface area contributed by atoms with Gasteiger partial charge in [-0.2, -0.15) is 18.3 Å². The minimum Gasteiger partial charge on any atom is -0.491 e. The standard InChI is InChI=1S/C24H28F3N5O3/c1-14(2)12-23(3,28)13-35-19-6-4-15(10-17(19)24(25,26)27)16-8-9-29-20(11-16)30-22(34)18-5-7-21(33)32-31-18/h4,6,8-11,14H,5,7,12-13,28H2,1-3H3,(H,32,33)(H,29,30,34). The maximum absolute atomic E-state index is 13.8. The van der Waals surface area contributed by atoms with E-state index >= 15 is 0 Å². The van der Waals surface area contributed by atoms with E-state index in [2.05, 4.69) is 20.8 Å². The summed E-state index contributed by atoms with van der Waals surface area (Å²) in [5.41, 5.74) is 7.52. The first-order valence-corrected chi connectivity index (χ1v) is 11.1. The number of pyridine rings is 1. The van der Waals surface area contributed by atoms with E-state index in [0.717, 1.165) is 6.07 Å². The van der Waals surface area contributed by atoms with Gasteiger partial charge in [0.25, 0.3) is 5.91 Å². The third kappa shape index (κ3) is 7.25. The van der Waals surface area contributed by atoms with Gasteiger partial charge in [-0.1, -0.05) is 19.9 Å². The molecule has 2 amide bonds. The molecule has 2 heterocycles. The molecule has 0 fully saturated rings. The largest absolute Gasteiger partial charge is 0.491 e. The molecule has 188 valence electrons. The molecule has 0 aliphatic carbocycles. The Labute approximate surface area is 201 Å². The Kier molecular flexibility index (Phi) is 7.79. The summed E-state index contributed by atoms with van der Waals surface area (Å²) < 4.78 is 47.0. The molecule has 3 rings (SSSR count).